The molecule has 0 aromatic heterocycles. The van der Waals surface area contributed by atoms with Gasteiger partial charge in [0.2, 0.25) is 0 Å². The van der Waals surface area contributed by atoms with Gasteiger partial charge in [-0.25, -0.2) is 0 Å². The lowest BCUT2D eigenvalue weighted by atomic mass is 9.94. The number of amides is 1. The predicted molar refractivity (Wildman–Crippen MR) is 163 cm³/mol. The van der Waals surface area contributed by atoms with Crippen molar-refractivity contribution in [1.29, 1.82) is 0 Å². The Balaban J connectivity index is 1.56. The fourth-order valence-electron chi connectivity index (χ4n) is 5.41. The summed E-state index contributed by atoms with van der Waals surface area (Å²) in [5.74, 6) is 0.407. The van der Waals surface area contributed by atoms with Crippen molar-refractivity contribution < 1.29 is 33.6 Å². The Bertz CT molecular complexity index is 1480. The van der Waals surface area contributed by atoms with E-state index in [9.17, 15) is 14.7 Å². The summed E-state index contributed by atoms with van der Waals surface area (Å²) in [5.41, 5.74) is 2.02. The normalized spacial score (nSPS) is 17.4. The average Bonchev–Trinajstić information content (AvgIpc) is 3.29. The first kappa shape index (κ1) is 30.0. The van der Waals surface area contributed by atoms with Crippen LogP contribution in [0.4, 0.5) is 0 Å². The molecule has 1 amide bonds. The number of aliphatic hydroxyl groups is 1. The molecule has 3 aromatic rings. The number of hydrogen-bond acceptors (Lipinski definition) is 8. The summed E-state index contributed by atoms with van der Waals surface area (Å²) in [5, 5.41) is 11.6. The maximum absolute atomic E-state index is 13.6. The number of likely N-dealkylation sites (N-methyl/N-ethyl adjacent to an activating group) is 1. The van der Waals surface area contributed by atoms with Crippen molar-refractivity contribution >= 4 is 17.4 Å². The van der Waals surface area contributed by atoms with Gasteiger partial charge in [0, 0.05) is 18.7 Å². The molecule has 43 heavy (non-hydrogen) atoms. The minimum Gasteiger partial charge on any atom is -0.507 e. The van der Waals surface area contributed by atoms with Crippen LogP contribution in [0.2, 0.25) is 0 Å². The number of nitrogens with zero attached hydrogens (tertiary/aromatic N) is 2. The molecule has 5 rings (SSSR count). The molecule has 226 valence electrons. The molecule has 0 spiro atoms. The first-order chi connectivity index (χ1) is 20.9. The Morgan fingerprint density at radius 1 is 0.907 bits per heavy atom. The number of likely N-dealkylation sites (tertiary alicyclic amines) is 1. The third-order valence-electron chi connectivity index (χ3n) is 7.73. The standard InChI is InChI=1S/C34H38N2O7/c1-4-35(5-2)16-17-36-31(24-12-14-27(28(20-24)40-6-3)43-22-23-10-8-7-9-11-23)30(33(38)34(36)39)32(37)25-13-15-26-29(21-25)42-19-18-41-26/h7-15,20-21,31,37H,4-6,16-19,22H2,1-3H3/t31-/m1/s1. The van der Waals surface area contributed by atoms with E-state index in [0.717, 1.165) is 18.7 Å². The first-order valence-corrected chi connectivity index (χ1v) is 14.8. The van der Waals surface area contributed by atoms with Crippen molar-refractivity contribution in [1.82, 2.24) is 9.80 Å². The van der Waals surface area contributed by atoms with Gasteiger partial charge in [-0.3, -0.25) is 9.59 Å². The van der Waals surface area contributed by atoms with Crippen molar-refractivity contribution in [2.45, 2.75) is 33.4 Å². The zero-order chi connectivity index (χ0) is 30.3. The molecule has 0 aliphatic carbocycles. The topological polar surface area (TPSA) is 97.8 Å². The van der Waals surface area contributed by atoms with Gasteiger partial charge in [0.25, 0.3) is 11.7 Å². The van der Waals surface area contributed by atoms with Gasteiger partial charge >= 0.3 is 0 Å². The van der Waals surface area contributed by atoms with Crippen LogP contribution in [0.1, 0.15) is 43.5 Å². The van der Waals surface area contributed by atoms with Gasteiger partial charge in [0.1, 0.15) is 25.6 Å². The minimum absolute atomic E-state index is 0.0154. The Kier molecular flexibility index (Phi) is 9.51. The summed E-state index contributed by atoms with van der Waals surface area (Å²) in [7, 11) is 0. The van der Waals surface area contributed by atoms with Crippen LogP contribution in [0.15, 0.2) is 72.3 Å². The van der Waals surface area contributed by atoms with Gasteiger partial charge in [-0.1, -0.05) is 50.2 Å². The van der Waals surface area contributed by atoms with Gasteiger partial charge in [0.15, 0.2) is 23.0 Å². The van der Waals surface area contributed by atoms with Crippen LogP contribution >= 0.6 is 0 Å². The monoisotopic (exact) mass is 586 g/mol. The number of carbonyl (C=O) groups excluding carboxylic acids is 2. The summed E-state index contributed by atoms with van der Waals surface area (Å²) in [6, 6.07) is 19.4. The molecule has 1 fully saturated rings. The van der Waals surface area contributed by atoms with E-state index in [2.05, 4.69) is 18.7 Å². The molecule has 9 heteroatoms. The molecule has 2 heterocycles. The number of benzene rings is 3. The van der Waals surface area contributed by atoms with Crippen LogP contribution in [0, 0.1) is 0 Å². The zero-order valence-corrected chi connectivity index (χ0v) is 24.9. The Morgan fingerprint density at radius 3 is 2.37 bits per heavy atom. The molecule has 0 unspecified atom stereocenters. The highest BCUT2D eigenvalue weighted by Crippen LogP contribution is 2.43. The highest BCUT2D eigenvalue weighted by atomic mass is 16.6. The molecule has 1 atom stereocenters. The van der Waals surface area contributed by atoms with Crippen molar-refractivity contribution in [3.05, 3.63) is 89.0 Å². The summed E-state index contributed by atoms with van der Waals surface area (Å²) >= 11 is 0. The van der Waals surface area contributed by atoms with Gasteiger partial charge in [-0.2, -0.15) is 0 Å². The molecule has 3 aromatic carbocycles. The quantitative estimate of drug-likeness (QED) is 0.176. The summed E-state index contributed by atoms with van der Waals surface area (Å²) < 4.78 is 23.4. The summed E-state index contributed by atoms with van der Waals surface area (Å²) in [4.78, 5) is 30.8. The fraction of sp³-hybridized carbons (Fsp3) is 0.353. The lowest BCUT2D eigenvalue weighted by molar-refractivity contribution is -0.140. The second-order valence-electron chi connectivity index (χ2n) is 10.3. The number of hydrogen-bond donors (Lipinski definition) is 1. The Labute approximate surface area is 252 Å². The third-order valence-corrected chi connectivity index (χ3v) is 7.73. The van der Waals surface area contributed by atoms with Crippen molar-refractivity contribution in [3.63, 3.8) is 0 Å². The second kappa shape index (κ2) is 13.6. The van der Waals surface area contributed by atoms with Crippen LogP contribution in [-0.4, -0.2) is 72.6 Å². The average molecular weight is 587 g/mol. The van der Waals surface area contributed by atoms with Crippen LogP contribution in [-0.2, 0) is 16.2 Å². The minimum atomic E-state index is -0.828. The van der Waals surface area contributed by atoms with Crippen molar-refractivity contribution in [2.24, 2.45) is 0 Å². The van der Waals surface area contributed by atoms with Gasteiger partial charge in [0.05, 0.1) is 18.2 Å². The lowest BCUT2D eigenvalue weighted by Gasteiger charge is -2.28. The van der Waals surface area contributed by atoms with E-state index < -0.39 is 17.7 Å². The molecular formula is C34H38N2O7. The molecule has 2 aliphatic heterocycles. The van der Waals surface area contributed by atoms with Crippen LogP contribution < -0.4 is 18.9 Å². The van der Waals surface area contributed by atoms with E-state index >= 15 is 0 Å². The summed E-state index contributed by atoms with van der Waals surface area (Å²) in [6.07, 6.45) is 0. The number of aliphatic hydroxyl groups excluding tert-OH is 1. The van der Waals surface area contributed by atoms with Gasteiger partial charge < -0.3 is 33.9 Å². The molecule has 0 saturated carbocycles. The van der Waals surface area contributed by atoms with E-state index in [1.165, 1.54) is 0 Å². The highest BCUT2D eigenvalue weighted by Gasteiger charge is 2.46. The van der Waals surface area contributed by atoms with Crippen molar-refractivity contribution in [3.8, 4) is 23.0 Å². The number of ketones is 1. The largest absolute Gasteiger partial charge is 0.507 e. The third kappa shape index (κ3) is 6.46. The number of rotatable bonds is 12. The molecule has 0 bridgehead atoms. The molecule has 1 N–H and O–H groups in total. The van der Waals surface area contributed by atoms with Gasteiger partial charge in [-0.15, -0.1) is 0 Å². The first-order valence-electron chi connectivity index (χ1n) is 14.8. The van der Waals surface area contributed by atoms with E-state index in [-0.39, 0.29) is 11.3 Å². The molecule has 2 aliphatic rings. The van der Waals surface area contributed by atoms with Crippen molar-refractivity contribution in [2.75, 3.05) is 46.0 Å². The zero-order valence-electron chi connectivity index (χ0n) is 24.9. The smallest absolute Gasteiger partial charge is 0.295 e. The Hall–Kier alpha value is -4.50. The maximum Gasteiger partial charge on any atom is 0.295 e. The van der Waals surface area contributed by atoms with Crippen LogP contribution in [0.3, 0.4) is 0 Å². The highest BCUT2D eigenvalue weighted by molar-refractivity contribution is 6.46. The number of carbonyl (C=O) groups is 2. The number of Topliss-reactive ketones (excluding diaryl/α,β-unsaturated/α-hetero) is 1. The predicted octanol–water partition coefficient (Wildman–Crippen LogP) is 5.20. The molecule has 9 nitrogen and oxygen atoms in total. The van der Waals surface area contributed by atoms with E-state index in [0.29, 0.717) is 73.6 Å². The van der Waals surface area contributed by atoms with Crippen LogP contribution in [0.25, 0.3) is 5.76 Å². The van der Waals surface area contributed by atoms with E-state index in [4.69, 9.17) is 18.9 Å². The lowest BCUT2D eigenvalue weighted by Crippen LogP contribution is -2.38. The molecule has 1 saturated heterocycles. The summed E-state index contributed by atoms with van der Waals surface area (Å²) in [6.45, 7) is 10.1. The van der Waals surface area contributed by atoms with Gasteiger partial charge in [-0.05, 0) is 61.5 Å². The second-order valence-corrected chi connectivity index (χ2v) is 10.3. The van der Waals surface area contributed by atoms with E-state index in [1.54, 1.807) is 35.2 Å². The SMILES string of the molecule is CCOc1cc([C@@H]2C(=C(O)c3ccc4c(c3)OCCO4)C(=O)C(=O)N2CCN(CC)CC)ccc1OCc1ccccc1. The molecular weight excluding hydrogens is 548 g/mol. The number of ether oxygens (including phenoxy) is 4. The maximum atomic E-state index is 13.6. The van der Waals surface area contributed by atoms with E-state index in [1.807, 2.05) is 43.3 Å². The number of fused-ring (bicyclic) bond motifs is 1. The van der Waals surface area contributed by atoms with Crippen LogP contribution in [0.5, 0.6) is 23.0 Å². The molecule has 0 radical (unpaired) electrons. The Morgan fingerprint density at radius 2 is 1.65 bits per heavy atom. The fourth-order valence-corrected chi connectivity index (χ4v) is 5.41.